The van der Waals surface area contributed by atoms with Gasteiger partial charge in [-0.15, -0.1) is 0 Å². The molecule has 35 heavy (non-hydrogen) atoms. The number of halogens is 6. The maximum atomic E-state index is 12.6. The average molecular weight is 507 g/mol. The van der Waals surface area contributed by atoms with Crippen LogP contribution < -0.4 is 4.74 Å². The van der Waals surface area contributed by atoms with Crippen LogP contribution in [0, 0.1) is 10.8 Å². The Kier molecular flexibility index (Phi) is 8.44. The number of alkyl halides is 6. The van der Waals surface area contributed by atoms with Crippen LogP contribution in [0.15, 0.2) is 36.4 Å². The lowest BCUT2D eigenvalue weighted by atomic mass is 9.68. The second-order valence-electron chi connectivity index (χ2n) is 10.7. The van der Waals surface area contributed by atoms with Crippen molar-refractivity contribution < 1.29 is 40.6 Å². The van der Waals surface area contributed by atoms with E-state index in [1.54, 1.807) is 12.1 Å². The van der Waals surface area contributed by atoms with Crippen LogP contribution in [0.1, 0.15) is 65.9 Å². The van der Waals surface area contributed by atoms with Crippen LogP contribution in [0.3, 0.4) is 0 Å². The SMILES string of the molecule is CCC(C)(C)CC(c1ccc2cc(OCC(=O)OC(C(F)(F)F)C(F)(F)F)ccc2c1)C(C)(C)C. The van der Waals surface area contributed by atoms with Gasteiger partial charge in [0.15, 0.2) is 6.61 Å². The highest BCUT2D eigenvalue weighted by atomic mass is 19.4. The Morgan fingerprint density at radius 2 is 1.40 bits per heavy atom. The molecule has 0 aliphatic carbocycles. The molecule has 0 heterocycles. The molecule has 1 atom stereocenters. The molecule has 0 aromatic heterocycles. The first kappa shape index (κ1) is 28.8. The van der Waals surface area contributed by atoms with Gasteiger partial charge in [0.1, 0.15) is 5.75 Å². The van der Waals surface area contributed by atoms with Gasteiger partial charge in [-0.3, -0.25) is 0 Å². The third kappa shape index (κ3) is 8.04. The van der Waals surface area contributed by atoms with Crippen molar-refractivity contribution in [2.75, 3.05) is 6.61 Å². The van der Waals surface area contributed by atoms with E-state index in [0.717, 1.165) is 23.6 Å². The average Bonchev–Trinajstić information content (AvgIpc) is 2.71. The maximum Gasteiger partial charge on any atom is 0.434 e. The second kappa shape index (κ2) is 10.3. The standard InChI is InChI=1S/C26H32F6O3/c1-7-24(5,6)14-20(23(2,3)4)18-9-8-17-13-19(11-10-16(17)12-18)34-15-21(33)35-22(25(27,28)29)26(30,31)32/h8-13,20,22H,7,14-15H2,1-6H3. The molecule has 0 spiro atoms. The number of benzene rings is 2. The van der Waals surface area contributed by atoms with Crippen LogP contribution in [0.25, 0.3) is 10.8 Å². The van der Waals surface area contributed by atoms with Crippen molar-refractivity contribution >= 4 is 16.7 Å². The van der Waals surface area contributed by atoms with Crippen LogP contribution in [0.4, 0.5) is 26.3 Å². The fourth-order valence-electron chi connectivity index (χ4n) is 3.80. The zero-order chi connectivity index (χ0) is 26.8. The fraction of sp³-hybridized carbons (Fsp3) is 0.577. The molecule has 1 unspecified atom stereocenters. The van der Waals surface area contributed by atoms with Gasteiger partial charge in [0.25, 0.3) is 6.10 Å². The largest absolute Gasteiger partial charge is 0.482 e. The number of rotatable bonds is 8. The normalized spacial score (nSPS) is 14.3. The number of carbonyl (C=O) groups excluding carboxylic acids is 1. The first-order valence-electron chi connectivity index (χ1n) is 11.3. The van der Waals surface area contributed by atoms with Crippen molar-refractivity contribution in [2.24, 2.45) is 10.8 Å². The lowest BCUT2D eigenvalue weighted by Crippen LogP contribution is -2.46. The van der Waals surface area contributed by atoms with E-state index >= 15 is 0 Å². The van der Waals surface area contributed by atoms with Gasteiger partial charge in [-0.2, -0.15) is 26.3 Å². The number of carbonyl (C=O) groups is 1. The summed E-state index contributed by atoms with van der Waals surface area (Å²) in [4.78, 5) is 11.6. The lowest BCUT2D eigenvalue weighted by Gasteiger charge is -2.37. The minimum atomic E-state index is -5.77. The molecule has 9 heteroatoms. The summed E-state index contributed by atoms with van der Waals surface area (Å²) in [6, 6.07) is 10.8. The van der Waals surface area contributed by atoms with Gasteiger partial charge in [-0.25, -0.2) is 4.79 Å². The van der Waals surface area contributed by atoms with Crippen molar-refractivity contribution in [3.63, 3.8) is 0 Å². The highest BCUT2D eigenvalue weighted by molar-refractivity contribution is 5.84. The third-order valence-electron chi connectivity index (χ3n) is 6.20. The van der Waals surface area contributed by atoms with E-state index in [9.17, 15) is 31.1 Å². The van der Waals surface area contributed by atoms with E-state index in [2.05, 4.69) is 52.3 Å². The monoisotopic (exact) mass is 506 g/mol. The number of hydrogen-bond donors (Lipinski definition) is 0. The van der Waals surface area contributed by atoms with Crippen molar-refractivity contribution in [1.29, 1.82) is 0 Å². The summed E-state index contributed by atoms with van der Waals surface area (Å²) in [5.74, 6) is -1.35. The van der Waals surface area contributed by atoms with Gasteiger partial charge in [0.2, 0.25) is 0 Å². The molecule has 0 amide bonds. The molecule has 0 bridgehead atoms. The lowest BCUT2D eigenvalue weighted by molar-refractivity contribution is -0.313. The molecular weight excluding hydrogens is 474 g/mol. The minimum absolute atomic E-state index is 0.0220. The molecule has 2 rings (SSSR count). The van der Waals surface area contributed by atoms with Gasteiger partial charge in [-0.05, 0) is 51.6 Å². The number of esters is 1. The maximum absolute atomic E-state index is 12.6. The summed E-state index contributed by atoms with van der Waals surface area (Å²) in [7, 11) is 0. The summed E-state index contributed by atoms with van der Waals surface area (Å²) in [6.07, 6.45) is -13.7. The highest BCUT2D eigenvalue weighted by Gasteiger charge is 2.59. The summed E-state index contributed by atoms with van der Waals surface area (Å²) in [6.45, 7) is 12.2. The molecule has 0 N–H and O–H groups in total. The topological polar surface area (TPSA) is 35.5 Å². The molecule has 0 aliphatic rings. The Balaban J connectivity index is 2.18. The Hall–Kier alpha value is -2.45. The van der Waals surface area contributed by atoms with E-state index in [4.69, 9.17) is 4.74 Å². The van der Waals surface area contributed by atoms with Gasteiger partial charge >= 0.3 is 18.3 Å². The molecule has 0 saturated carbocycles. The van der Waals surface area contributed by atoms with E-state index in [-0.39, 0.29) is 16.6 Å². The number of hydrogen-bond acceptors (Lipinski definition) is 3. The molecule has 0 aliphatic heterocycles. The molecule has 0 saturated heterocycles. The molecule has 2 aromatic carbocycles. The van der Waals surface area contributed by atoms with Crippen LogP contribution in [0.2, 0.25) is 0 Å². The zero-order valence-corrected chi connectivity index (χ0v) is 20.7. The quantitative estimate of drug-likeness (QED) is 0.267. The first-order chi connectivity index (χ1) is 15.8. The predicted molar refractivity (Wildman–Crippen MR) is 122 cm³/mol. The van der Waals surface area contributed by atoms with Gasteiger partial charge in [-0.1, -0.05) is 72.2 Å². The summed E-state index contributed by atoms with van der Waals surface area (Å²) in [5.41, 5.74) is 1.36. The smallest absolute Gasteiger partial charge is 0.434 e. The second-order valence-corrected chi connectivity index (χ2v) is 10.7. The fourth-order valence-corrected chi connectivity index (χ4v) is 3.80. The summed E-state index contributed by atoms with van der Waals surface area (Å²) in [5, 5.41) is 1.65. The number of ether oxygens (including phenoxy) is 2. The highest BCUT2D eigenvalue weighted by Crippen LogP contribution is 2.45. The Labute approximate surface area is 201 Å². The molecule has 0 fully saturated rings. The predicted octanol–water partition coefficient (Wildman–Crippen LogP) is 8.21. The van der Waals surface area contributed by atoms with Crippen molar-refractivity contribution in [1.82, 2.24) is 0 Å². The van der Waals surface area contributed by atoms with E-state index < -0.39 is 31.0 Å². The zero-order valence-electron chi connectivity index (χ0n) is 20.7. The minimum Gasteiger partial charge on any atom is -0.482 e. The summed E-state index contributed by atoms with van der Waals surface area (Å²) >= 11 is 0. The van der Waals surface area contributed by atoms with Crippen LogP contribution >= 0.6 is 0 Å². The van der Waals surface area contributed by atoms with Gasteiger partial charge in [0, 0.05) is 0 Å². The van der Waals surface area contributed by atoms with E-state index in [1.807, 2.05) is 12.1 Å². The van der Waals surface area contributed by atoms with Gasteiger partial charge < -0.3 is 9.47 Å². The molecule has 196 valence electrons. The first-order valence-corrected chi connectivity index (χ1v) is 11.3. The number of fused-ring (bicyclic) bond motifs is 1. The van der Waals surface area contributed by atoms with Crippen molar-refractivity contribution in [2.45, 2.75) is 78.8 Å². The van der Waals surface area contributed by atoms with Crippen molar-refractivity contribution in [3.05, 3.63) is 42.0 Å². The Bertz CT molecular complexity index is 1000. The van der Waals surface area contributed by atoms with Gasteiger partial charge in [0.05, 0.1) is 0 Å². The Morgan fingerprint density at radius 1 is 0.857 bits per heavy atom. The van der Waals surface area contributed by atoms with Crippen LogP contribution in [-0.2, 0) is 9.53 Å². The Morgan fingerprint density at radius 3 is 1.91 bits per heavy atom. The molecule has 2 aromatic rings. The van der Waals surface area contributed by atoms with Crippen molar-refractivity contribution in [3.8, 4) is 5.75 Å². The molecule has 3 nitrogen and oxygen atoms in total. The third-order valence-corrected chi connectivity index (χ3v) is 6.20. The van der Waals surface area contributed by atoms with E-state index in [1.165, 1.54) is 11.6 Å². The molecule has 0 radical (unpaired) electrons. The molecular formula is C26H32F6O3. The van der Waals surface area contributed by atoms with E-state index in [0.29, 0.717) is 5.92 Å². The summed E-state index contributed by atoms with van der Waals surface area (Å²) < 4.78 is 84.0. The van der Waals surface area contributed by atoms with Crippen LogP contribution in [0.5, 0.6) is 5.75 Å². The van der Waals surface area contributed by atoms with Crippen LogP contribution in [-0.4, -0.2) is 31.0 Å².